The molecule has 1 fully saturated rings. The topological polar surface area (TPSA) is 54.5 Å². The van der Waals surface area contributed by atoms with Crippen molar-refractivity contribution in [3.8, 4) is 0 Å². The molecule has 0 atom stereocenters. The minimum absolute atomic E-state index is 0.0310. The maximum Gasteiger partial charge on any atom is 0.234 e. The molecule has 0 unspecified atom stereocenters. The number of hydrogen-bond acceptors (Lipinski definition) is 5. The van der Waals surface area contributed by atoms with Crippen LogP contribution < -0.4 is 5.32 Å². The second-order valence-electron chi connectivity index (χ2n) is 6.58. The van der Waals surface area contributed by atoms with E-state index >= 15 is 0 Å². The lowest BCUT2D eigenvalue weighted by atomic mass is 10.1. The zero-order chi connectivity index (χ0) is 18.5. The first-order valence-corrected chi connectivity index (χ1v) is 10.4. The zero-order valence-corrected chi connectivity index (χ0v) is 16.0. The van der Waals surface area contributed by atoms with Crippen molar-refractivity contribution in [2.24, 2.45) is 0 Å². The van der Waals surface area contributed by atoms with Crippen LogP contribution in [0, 0.1) is 0 Å². The highest BCUT2D eigenvalue weighted by molar-refractivity contribution is 7.99. The summed E-state index contributed by atoms with van der Waals surface area (Å²) in [5.41, 5.74) is 2.65. The number of amides is 1. The molecule has 0 saturated carbocycles. The van der Waals surface area contributed by atoms with Gasteiger partial charge in [0.2, 0.25) is 5.91 Å². The third-order valence-electron chi connectivity index (χ3n) is 4.74. The molecule has 1 aliphatic rings. The van der Waals surface area contributed by atoms with Crippen LogP contribution in [0.2, 0.25) is 0 Å². The second kappa shape index (κ2) is 8.69. The van der Waals surface area contributed by atoms with Crippen molar-refractivity contribution in [3.63, 3.8) is 0 Å². The Balaban J connectivity index is 1.43. The largest absolute Gasteiger partial charge is 0.379 e. The molecule has 140 valence electrons. The molecule has 0 radical (unpaired) electrons. The van der Waals surface area contributed by atoms with Crippen LogP contribution in [0.4, 0.5) is 5.69 Å². The molecule has 5 nitrogen and oxygen atoms in total. The fourth-order valence-electron chi connectivity index (χ4n) is 3.33. The monoisotopic (exact) mass is 381 g/mol. The van der Waals surface area contributed by atoms with Gasteiger partial charge in [0.05, 0.1) is 35.7 Å². The van der Waals surface area contributed by atoms with Gasteiger partial charge in [0.25, 0.3) is 0 Å². The highest BCUT2D eigenvalue weighted by atomic mass is 32.2. The molecule has 1 saturated heterocycles. The lowest BCUT2D eigenvalue weighted by Crippen LogP contribution is -2.37. The van der Waals surface area contributed by atoms with E-state index in [4.69, 9.17) is 9.72 Å². The average molecular weight is 382 g/mol. The van der Waals surface area contributed by atoms with Crippen molar-refractivity contribution >= 4 is 45.2 Å². The second-order valence-corrected chi connectivity index (χ2v) is 7.68. The SMILES string of the molecule is O=C(CSCCN1CCOCC1)Nc1c2ccccc2nc2ccccc12. The van der Waals surface area contributed by atoms with Gasteiger partial charge in [0, 0.05) is 36.2 Å². The summed E-state index contributed by atoms with van der Waals surface area (Å²) in [7, 11) is 0. The molecule has 1 amide bonds. The van der Waals surface area contributed by atoms with E-state index in [1.54, 1.807) is 11.8 Å². The van der Waals surface area contributed by atoms with Crippen LogP contribution >= 0.6 is 11.8 Å². The average Bonchev–Trinajstić information content (AvgIpc) is 2.72. The van der Waals surface area contributed by atoms with Crippen LogP contribution in [0.25, 0.3) is 21.8 Å². The smallest absolute Gasteiger partial charge is 0.234 e. The quantitative estimate of drug-likeness (QED) is 0.524. The number of aromatic nitrogens is 1. The first-order valence-electron chi connectivity index (χ1n) is 9.26. The molecule has 0 bridgehead atoms. The number of thioether (sulfide) groups is 1. The number of morpholine rings is 1. The first kappa shape index (κ1) is 18.2. The normalized spacial score (nSPS) is 15.3. The molecule has 1 N–H and O–H groups in total. The van der Waals surface area contributed by atoms with Crippen LogP contribution in [-0.4, -0.2) is 60.1 Å². The Kier molecular flexibility index (Phi) is 5.87. The predicted octanol–water partition coefficient (Wildman–Crippen LogP) is 3.39. The highest BCUT2D eigenvalue weighted by Gasteiger charge is 2.13. The minimum Gasteiger partial charge on any atom is -0.379 e. The summed E-state index contributed by atoms with van der Waals surface area (Å²) in [4.78, 5) is 19.7. The molecule has 0 spiro atoms. The summed E-state index contributed by atoms with van der Waals surface area (Å²) in [6.45, 7) is 4.60. The zero-order valence-electron chi connectivity index (χ0n) is 15.2. The van der Waals surface area contributed by atoms with Gasteiger partial charge in [-0.15, -0.1) is 0 Å². The third-order valence-corrected chi connectivity index (χ3v) is 5.68. The predicted molar refractivity (Wildman–Crippen MR) is 112 cm³/mol. The Hall–Kier alpha value is -2.15. The summed E-state index contributed by atoms with van der Waals surface area (Å²) in [5, 5.41) is 5.08. The van der Waals surface area contributed by atoms with Gasteiger partial charge in [-0.2, -0.15) is 11.8 Å². The number of fused-ring (bicyclic) bond motifs is 2. The van der Waals surface area contributed by atoms with Gasteiger partial charge >= 0.3 is 0 Å². The number of rotatable bonds is 6. The Labute approximate surface area is 163 Å². The number of carbonyl (C=O) groups is 1. The van der Waals surface area contributed by atoms with Gasteiger partial charge in [0.1, 0.15) is 0 Å². The summed E-state index contributed by atoms with van der Waals surface area (Å²) < 4.78 is 5.36. The fourth-order valence-corrected chi connectivity index (χ4v) is 4.12. The molecule has 4 rings (SSSR count). The van der Waals surface area contributed by atoms with E-state index in [1.807, 2.05) is 48.5 Å². The number of carbonyl (C=O) groups excluding carboxylic acids is 1. The van der Waals surface area contributed by atoms with Gasteiger partial charge in [0.15, 0.2) is 0 Å². The standard InChI is InChI=1S/C21H23N3O2S/c25-20(15-27-14-11-24-9-12-26-13-10-24)23-21-16-5-1-3-7-18(16)22-19-8-4-2-6-17(19)21/h1-8H,9-15H2,(H,22,23,25). The molecule has 27 heavy (non-hydrogen) atoms. The van der Waals surface area contributed by atoms with Crippen molar-refractivity contribution in [1.82, 2.24) is 9.88 Å². The Morgan fingerprint density at radius 1 is 1.04 bits per heavy atom. The van der Waals surface area contributed by atoms with Crippen LogP contribution in [0.15, 0.2) is 48.5 Å². The van der Waals surface area contributed by atoms with Gasteiger partial charge in [-0.05, 0) is 12.1 Å². The van der Waals surface area contributed by atoms with Crippen LogP contribution in [-0.2, 0) is 9.53 Å². The number of hydrogen-bond donors (Lipinski definition) is 1. The molecule has 0 aliphatic carbocycles. The highest BCUT2D eigenvalue weighted by Crippen LogP contribution is 2.30. The van der Waals surface area contributed by atoms with Gasteiger partial charge in [-0.3, -0.25) is 9.69 Å². The lowest BCUT2D eigenvalue weighted by molar-refractivity contribution is -0.113. The van der Waals surface area contributed by atoms with E-state index in [0.717, 1.165) is 66.1 Å². The number of ether oxygens (including phenoxy) is 1. The molecule has 6 heteroatoms. The molecule has 1 aromatic heterocycles. The van der Waals surface area contributed by atoms with Crippen molar-refractivity contribution < 1.29 is 9.53 Å². The maximum absolute atomic E-state index is 12.6. The third kappa shape index (κ3) is 4.40. The summed E-state index contributed by atoms with van der Waals surface area (Å²) >= 11 is 1.67. The van der Waals surface area contributed by atoms with Gasteiger partial charge in [-0.1, -0.05) is 36.4 Å². The Morgan fingerprint density at radius 2 is 1.67 bits per heavy atom. The Morgan fingerprint density at radius 3 is 2.33 bits per heavy atom. The minimum atomic E-state index is 0.0310. The summed E-state index contributed by atoms with van der Waals surface area (Å²) in [5.74, 6) is 1.43. The number of nitrogens with zero attached hydrogens (tertiary/aromatic N) is 2. The van der Waals surface area contributed by atoms with Crippen molar-refractivity contribution in [3.05, 3.63) is 48.5 Å². The molecular weight excluding hydrogens is 358 g/mol. The van der Waals surface area contributed by atoms with Gasteiger partial charge < -0.3 is 10.1 Å². The first-order chi connectivity index (χ1) is 13.3. The van der Waals surface area contributed by atoms with Crippen LogP contribution in [0.5, 0.6) is 0 Å². The maximum atomic E-state index is 12.6. The van der Waals surface area contributed by atoms with Crippen molar-refractivity contribution in [2.45, 2.75) is 0 Å². The lowest BCUT2D eigenvalue weighted by Gasteiger charge is -2.26. The van der Waals surface area contributed by atoms with Crippen molar-refractivity contribution in [2.75, 3.05) is 49.7 Å². The van der Waals surface area contributed by atoms with E-state index in [-0.39, 0.29) is 5.91 Å². The van der Waals surface area contributed by atoms with Crippen LogP contribution in [0.1, 0.15) is 0 Å². The summed E-state index contributed by atoms with van der Waals surface area (Å²) in [6.07, 6.45) is 0. The Bertz CT molecular complexity index is 887. The van der Waals surface area contributed by atoms with E-state index in [9.17, 15) is 4.79 Å². The van der Waals surface area contributed by atoms with Gasteiger partial charge in [-0.25, -0.2) is 4.98 Å². The van der Waals surface area contributed by atoms with E-state index in [0.29, 0.717) is 5.75 Å². The van der Waals surface area contributed by atoms with Crippen LogP contribution in [0.3, 0.4) is 0 Å². The van der Waals surface area contributed by atoms with E-state index in [2.05, 4.69) is 10.2 Å². The molecular formula is C21H23N3O2S. The molecule has 1 aliphatic heterocycles. The van der Waals surface area contributed by atoms with Crippen molar-refractivity contribution in [1.29, 1.82) is 0 Å². The number of nitrogens with one attached hydrogen (secondary N) is 1. The number of para-hydroxylation sites is 2. The fraction of sp³-hybridized carbons (Fsp3) is 0.333. The van der Waals surface area contributed by atoms with E-state index in [1.165, 1.54) is 0 Å². The number of anilines is 1. The molecule has 2 heterocycles. The summed E-state index contributed by atoms with van der Waals surface area (Å²) in [6, 6.07) is 15.9. The number of pyridine rings is 1. The van der Waals surface area contributed by atoms with E-state index < -0.39 is 0 Å². The molecule has 2 aromatic carbocycles. The number of benzene rings is 2. The molecule has 3 aromatic rings.